The van der Waals surface area contributed by atoms with Crippen molar-refractivity contribution in [1.82, 2.24) is 10.3 Å². The van der Waals surface area contributed by atoms with Crippen molar-refractivity contribution >= 4 is 51.4 Å². The first-order valence-corrected chi connectivity index (χ1v) is 7.62. The van der Waals surface area contributed by atoms with Gasteiger partial charge in [0.15, 0.2) is 0 Å². The van der Waals surface area contributed by atoms with Gasteiger partial charge in [-0.15, -0.1) is 0 Å². The van der Waals surface area contributed by atoms with Gasteiger partial charge >= 0.3 is 0 Å². The van der Waals surface area contributed by atoms with E-state index in [2.05, 4.69) is 15.2 Å². The van der Waals surface area contributed by atoms with Crippen LogP contribution < -0.4 is 10.2 Å². The fraction of sp³-hybridized carbons (Fsp3) is 0.357. The number of halogens is 3. The molecule has 2 heterocycles. The van der Waals surface area contributed by atoms with Crippen LogP contribution in [0, 0.1) is 6.92 Å². The second-order valence-electron chi connectivity index (χ2n) is 4.88. The van der Waals surface area contributed by atoms with E-state index in [1.807, 2.05) is 13.0 Å². The summed E-state index contributed by atoms with van der Waals surface area (Å²) in [6.45, 7) is 5.57. The predicted molar refractivity (Wildman–Crippen MR) is 86.6 cm³/mol. The first kappa shape index (κ1) is 14.2. The van der Waals surface area contributed by atoms with E-state index in [0.717, 1.165) is 48.5 Å². The molecule has 1 N–H and O–H groups in total. The molecule has 0 spiro atoms. The number of rotatable bonds is 1. The van der Waals surface area contributed by atoms with Crippen molar-refractivity contribution < 1.29 is 0 Å². The Morgan fingerprint density at radius 1 is 1.15 bits per heavy atom. The molecule has 3 rings (SSSR count). The number of pyridine rings is 1. The maximum absolute atomic E-state index is 6.50. The van der Waals surface area contributed by atoms with E-state index in [1.54, 1.807) is 6.07 Å². The number of nitrogens with zero attached hydrogens (tertiary/aromatic N) is 2. The number of hydrogen-bond donors (Lipinski definition) is 1. The molecule has 106 valence electrons. The zero-order valence-corrected chi connectivity index (χ0v) is 13.3. The molecule has 2 aromatic rings. The highest BCUT2D eigenvalue weighted by molar-refractivity contribution is 6.41. The number of benzene rings is 1. The highest BCUT2D eigenvalue weighted by Crippen LogP contribution is 2.40. The van der Waals surface area contributed by atoms with Crippen molar-refractivity contribution in [2.75, 3.05) is 31.1 Å². The number of hydrogen-bond acceptors (Lipinski definition) is 3. The SMILES string of the molecule is Cc1nc2cc(Cl)cc(Cl)c2c(N2CCNCC2)c1Cl. The Morgan fingerprint density at radius 2 is 1.85 bits per heavy atom. The number of aromatic nitrogens is 1. The number of nitrogens with one attached hydrogen (secondary N) is 1. The largest absolute Gasteiger partial charge is 0.367 e. The molecule has 0 radical (unpaired) electrons. The molecule has 1 aliphatic rings. The van der Waals surface area contributed by atoms with E-state index in [9.17, 15) is 0 Å². The van der Waals surface area contributed by atoms with Gasteiger partial charge in [0, 0.05) is 36.6 Å². The van der Waals surface area contributed by atoms with E-state index < -0.39 is 0 Å². The van der Waals surface area contributed by atoms with Crippen LogP contribution in [0.15, 0.2) is 12.1 Å². The molecule has 1 fully saturated rings. The molecular formula is C14H14Cl3N3. The molecule has 1 aromatic heterocycles. The second-order valence-corrected chi connectivity index (χ2v) is 6.10. The average Bonchev–Trinajstić information content (AvgIpc) is 2.42. The lowest BCUT2D eigenvalue weighted by Crippen LogP contribution is -2.43. The summed E-state index contributed by atoms with van der Waals surface area (Å²) in [4.78, 5) is 6.77. The zero-order chi connectivity index (χ0) is 14.3. The minimum Gasteiger partial charge on any atom is -0.367 e. The third kappa shape index (κ3) is 2.44. The Kier molecular flexibility index (Phi) is 3.95. The molecule has 6 heteroatoms. The van der Waals surface area contributed by atoms with Gasteiger partial charge < -0.3 is 10.2 Å². The van der Waals surface area contributed by atoms with Crippen molar-refractivity contribution in [2.45, 2.75) is 6.92 Å². The summed E-state index contributed by atoms with van der Waals surface area (Å²) in [6, 6.07) is 3.57. The van der Waals surface area contributed by atoms with Gasteiger partial charge in [0.2, 0.25) is 0 Å². The summed E-state index contributed by atoms with van der Waals surface area (Å²) in [5.74, 6) is 0. The van der Waals surface area contributed by atoms with E-state index in [4.69, 9.17) is 34.8 Å². The zero-order valence-electron chi connectivity index (χ0n) is 11.0. The second kappa shape index (κ2) is 5.57. The Hall–Kier alpha value is -0.740. The summed E-state index contributed by atoms with van der Waals surface area (Å²) >= 11 is 19.0. The highest BCUT2D eigenvalue weighted by atomic mass is 35.5. The monoisotopic (exact) mass is 329 g/mol. The standard InChI is InChI=1S/C14H14Cl3N3/c1-8-13(17)14(20-4-2-18-3-5-20)12-10(16)6-9(15)7-11(12)19-8/h6-7,18H,2-5H2,1H3. The molecule has 0 saturated carbocycles. The molecule has 0 amide bonds. The number of anilines is 1. The lowest BCUT2D eigenvalue weighted by atomic mass is 10.1. The molecule has 20 heavy (non-hydrogen) atoms. The molecule has 0 unspecified atom stereocenters. The van der Waals surface area contributed by atoms with Gasteiger partial charge in [-0.2, -0.15) is 0 Å². The van der Waals surface area contributed by atoms with Crippen LogP contribution in [0.2, 0.25) is 15.1 Å². The predicted octanol–water partition coefficient (Wildman–Crippen LogP) is 3.91. The van der Waals surface area contributed by atoms with Crippen molar-refractivity contribution in [2.24, 2.45) is 0 Å². The lowest BCUT2D eigenvalue weighted by Gasteiger charge is -2.31. The number of fused-ring (bicyclic) bond motifs is 1. The van der Waals surface area contributed by atoms with Crippen LogP contribution in [0.3, 0.4) is 0 Å². The lowest BCUT2D eigenvalue weighted by molar-refractivity contribution is 0.590. The van der Waals surface area contributed by atoms with Crippen molar-refractivity contribution in [3.63, 3.8) is 0 Å². The van der Waals surface area contributed by atoms with Gasteiger partial charge in [0.25, 0.3) is 0 Å². The van der Waals surface area contributed by atoms with Gasteiger partial charge in [-0.1, -0.05) is 34.8 Å². The topological polar surface area (TPSA) is 28.2 Å². The van der Waals surface area contributed by atoms with E-state index >= 15 is 0 Å². The fourth-order valence-corrected chi connectivity index (χ4v) is 3.41. The average molecular weight is 331 g/mol. The minimum atomic E-state index is 0.586. The highest BCUT2D eigenvalue weighted by Gasteiger charge is 2.21. The quantitative estimate of drug-likeness (QED) is 0.859. The Bertz CT molecular complexity index is 666. The molecule has 0 bridgehead atoms. The van der Waals surface area contributed by atoms with E-state index in [0.29, 0.717) is 15.1 Å². The summed E-state index contributed by atoms with van der Waals surface area (Å²) < 4.78 is 0. The Labute approximate surface area is 132 Å². The summed E-state index contributed by atoms with van der Waals surface area (Å²) in [7, 11) is 0. The Balaban J connectivity index is 2.29. The van der Waals surface area contributed by atoms with Crippen LogP contribution in [-0.2, 0) is 0 Å². The van der Waals surface area contributed by atoms with Gasteiger partial charge in [-0.3, -0.25) is 4.98 Å². The smallest absolute Gasteiger partial charge is 0.0859 e. The van der Waals surface area contributed by atoms with Crippen LogP contribution >= 0.6 is 34.8 Å². The molecule has 1 aromatic carbocycles. The van der Waals surface area contributed by atoms with Crippen LogP contribution in [0.4, 0.5) is 5.69 Å². The molecule has 3 nitrogen and oxygen atoms in total. The maximum atomic E-state index is 6.50. The molecule has 1 saturated heterocycles. The number of piperazine rings is 1. The summed E-state index contributed by atoms with van der Waals surface area (Å²) in [6.07, 6.45) is 0. The fourth-order valence-electron chi connectivity index (χ4n) is 2.58. The van der Waals surface area contributed by atoms with E-state index in [-0.39, 0.29) is 0 Å². The maximum Gasteiger partial charge on any atom is 0.0859 e. The molecule has 0 aliphatic carbocycles. The van der Waals surface area contributed by atoms with Gasteiger partial charge in [0.1, 0.15) is 0 Å². The van der Waals surface area contributed by atoms with Crippen molar-refractivity contribution in [3.05, 3.63) is 32.9 Å². The van der Waals surface area contributed by atoms with Crippen LogP contribution in [0.5, 0.6) is 0 Å². The minimum absolute atomic E-state index is 0.586. The van der Waals surface area contributed by atoms with Crippen LogP contribution in [0.25, 0.3) is 10.9 Å². The van der Waals surface area contributed by atoms with Gasteiger partial charge in [-0.25, -0.2) is 0 Å². The van der Waals surface area contributed by atoms with Crippen LogP contribution in [-0.4, -0.2) is 31.2 Å². The van der Waals surface area contributed by atoms with Gasteiger partial charge in [-0.05, 0) is 19.1 Å². The third-order valence-electron chi connectivity index (χ3n) is 3.52. The van der Waals surface area contributed by atoms with E-state index in [1.165, 1.54) is 0 Å². The van der Waals surface area contributed by atoms with Crippen LogP contribution in [0.1, 0.15) is 5.69 Å². The summed E-state index contributed by atoms with van der Waals surface area (Å²) in [5, 5.41) is 6.07. The van der Waals surface area contributed by atoms with Crippen molar-refractivity contribution in [1.29, 1.82) is 0 Å². The summed E-state index contributed by atoms with van der Waals surface area (Å²) in [5.41, 5.74) is 2.56. The normalized spacial score (nSPS) is 15.9. The molecule has 1 aliphatic heterocycles. The first-order chi connectivity index (χ1) is 9.58. The molecular weight excluding hydrogens is 317 g/mol. The Morgan fingerprint density at radius 3 is 2.55 bits per heavy atom. The van der Waals surface area contributed by atoms with Crippen molar-refractivity contribution in [3.8, 4) is 0 Å². The first-order valence-electron chi connectivity index (χ1n) is 6.48. The molecule has 0 atom stereocenters. The van der Waals surface area contributed by atoms with Gasteiger partial charge in [0.05, 0.1) is 26.9 Å². The number of aryl methyl sites for hydroxylation is 1. The third-order valence-corrected chi connectivity index (χ3v) is 4.49.